The molecule has 0 atom stereocenters. The summed E-state index contributed by atoms with van der Waals surface area (Å²) in [6.45, 7) is 0. The van der Waals surface area contributed by atoms with Crippen molar-refractivity contribution in [2.45, 2.75) is 6.42 Å². The molecule has 0 radical (unpaired) electrons. The molecule has 1 aromatic carbocycles. The van der Waals surface area contributed by atoms with Gasteiger partial charge in [-0.05, 0) is 18.2 Å². The molecule has 0 amide bonds. The van der Waals surface area contributed by atoms with E-state index < -0.39 is 11.8 Å². The second-order valence-electron chi connectivity index (χ2n) is 2.82. The molecule has 0 saturated carbocycles. The number of methoxy groups -OCH3 is 1. The number of ether oxygens (including phenoxy) is 1. The third-order valence-corrected chi connectivity index (χ3v) is 1.78. The fourth-order valence-corrected chi connectivity index (χ4v) is 1.04. The molecular weight excluding hydrogens is 209 g/mol. The van der Waals surface area contributed by atoms with Crippen LogP contribution in [0.5, 0.6) is 0 Å². The van der Waals surface area contributed by atoms with Crippen molar-refractivity contribution in [1.82, 2.24) is 0 Å². The first-order chi connectivity index (χ1) is 7.69. The summed E-state index contributed by atoms with van der Waals surface area (Å²) in [6.07, 6.45) is 0.0158. The van der Waals surface area contributed by atoms with Gasteiger partial charge >= 0.3 is 5.97 Å². The van der Waals surface area contributed by atoms with Gasteiger partial charge in [0.2, 0.25) is 0 Å². The van der Waals surface area contributed by atoms with E-state index in [0.29, 0.717) is 0 Å². The van der Waals surface area contributed by atoms with Crippen molar-refractivity contribution in [2.24, 2.45) is 0 Å². The SMILES string of the molecule is COC(=O)c1ccc(F)c(C#CCC#N)c1. The minimum absolute atomic E-state index is 0.0158. The molecule has 0 saturated heterocycles. The topological polar surface area (TPSA) is 50.1 Å². The number of rotatable bonds is 1. The first kappa shape index (κ1) is 11.7. The first-order valence-corrected chi connectivity index (χ1v) is 4.42. The number of carbonyl (C=O) groups excluding carboxylic acids is 1. The molecule has 0 aliphatic carbocycles. The molecule has 0 aromatic heterocycles. The van der Waals surface area contributed by atoms with Crippen molar-refractivity contribution in [3.8, 4) is 17.9 Å². The van der Waals surface area contributed by atoms with Gasteiger partial charge in [0, 0.05) is 0 Å². The van der Waals surface area contributed by atoms with Gasteiger partial charge in [0.25, 0.3) is 0 Å². The van der Waals surface area contributed by atoms with Crippen LogP contribution in [0.4, 0.5) is 4.39 Å². The number of esters is 1. The summed E-state index contributed by atoms with van der Waals surface area (Å²) < 4.78 is 17.7. The van der Waals surface area contributed by atoms with Crippen molar-refractivity contribution in [3.05, 3.63) is 35.1 Å². The van der Waals surface area contributed by atoms with Gasteiger partial charge in [0.05, 0.1) is 30.7 Å². The maximum absolute atomic E-state index is 13.2. The molecule has 0 spiro atoms. The molecule has 80 valence electrons. The molecule has 3 nitrogen and oxygen atoms in total. The minimum Gasteiger partial charge on any atom is -0.465 e. The zero-order chi connectivity index (χ0) is 12.0. The second-order valence-corrected chi connectivity index (χ2v) is 2.82. The van der Waals surface area contributed by atoms with Gasteiger partial charge in [0.15, 0.2) is 0 Å². The van der Waals surface area contributed by atoms with E-state index in [9.17, 15) is 9.18 Å². The van der Waals surface area contributed by atoms with Crippen molar-refractivity contribution >= 4 is 5.97 Å². The summed E-state index contributed by atoms with van der Waals surface area (Å²) in [6, 6.07) is 5.57. The lowest BCUT2D eigenvalue weighted by Gasteiger charge is -2.00. The lowest BCUT2D eigenvalue weighted by atomic mass is 10.1. The van der Waals surface area contributed by atoms with Crippen molar-refractivity contribution in [1.29, 1.82) is 5.26 Å². The Kier molecular flexibility index (Phi) is 4.06. The summed E-state index contributed by atoms with van der Waals surface area (Å²) >= 11 is 0. The molecule has 4 heteroatoms. The van der Waals surface area contributed by atoms with Gasteiger partial charge in [-0.2, -0.15) is 5.26 Å². The molecular formula is C12H8FNO2. The maximum atomic E-state index is 13.2. The average molecular weight is 217 g/mol. The predicted octanol–water partition coefficient (Wildman–Crippen LogP) is 1.88. The Hall–Kier alpha value is -2.33. The molecule has 0 bridgehead atoms. The van der Waals surface area contributed by atoms with Gasteiger partial charge in [-0.3, -0.25) is 0 Å². The fourth-order valence-electron chi connectivity index (χ4n) is 1.04. The second kappa shape index (κ2) is 5.53. The summed E-state index contributed by atoms with van der Waals surface area (Å²) in [7, 11) is 1.24. The number of nitrogens with zero attached hydrogens (tertiary/aromatic N) is 1. The third-order valence-electron chi connectivity index (χ3n) is 1.78. The lowest BCUT2D eigenvalue weighted by molar-refractivity contribution is 0.0600. The van der Waals surface area contributed by atoms with E-state index >= 15 is 0 Å². The van der Waals surface area contributed by atoms with E-state index in [1.54, 1.807) is 0 Å². The van der Waals surface area contributed by atoms with Crippen LogP contribution in [-0.2, 0) is 4.74 Å². The fraction of sp³-hybridized carbons (Fsp3) is 0.167. The highest BCUT2D eigenvalue weighted by Gasteiger charge is 2.08. The quantitative estimate of drug-likeness (QED) is 0.533. The van der Waals surface area contributed by atoms with Crippen LogP contribution in [0, 0.1) is 29.0 Å². The molecule has 0 N–H and O–H groups in total. The van der Waals surface area contributed by atoms with Crippen LogP contribution in [-0.4, -0.2) is 13.1 Å². The lowest BCUT2D eigenvalue weighted by Crippen LogP contribution is -2.02. The average Bonchev–Trinajstić information content (AvgIpc) is 2.31. The van der Waals surface area contributed by atoms with E-state index in [1.165, 1.54) is 19.2 Å². The minimum atomic E-state index is -0.552. The third kappa shape index (κ3) is 2.83. The monoisotopic (exact) mass is 217 g/mol. The number of carbonyl (C=O) groups is 1. The van der Waals surface area contributed by atoms with E-state index in [1.807, 2.05) is 6.07 Å². The zero-order valence-corrected chi connectivity index (χ0v) is 8.58. The van der Waals surface area contributed by atoms with Gasteiger partial charge in [-0.15, -0.1) is 0 Å². The van der Waals surface area contributed by atoms with Crippen LogP contribution in [0.15, 0.2) is 18.2 Å². The highest BCUT2D eigenvalue weighted by molar-refractivity contribution is 5.89. The van der Waals surface area contributed by atoms with Crippen LogP contribution in [0.2, 0.25) is 0 Å². The van der Waals surface area contributed by atoms with E-state index in [0.717, 1.165) is 6.07 Å². The molecule has 0 aliphatic heterocycles. The van der Waals surface area contributed by atoms with Crippen LogP contribution in [0.1, 0.15) is 22.3 Å². The Morgan fingerprint density at radius 2 is 2.31 bits per heavy atom. The highest BCUT2D eigenvalue weighted by atomic mass is 19.1. The van der Waals surface area contributed by atoms with Crippen LogP contribution < -0.4 is 0 Å². The van der Waals surface area contributed by atoms with E-state index in [2.05, 4.69) is 16.6 Å². The predicted molar refractivity (Wildman–Crippen MR) is 54.8 cm³/mol. The first-order valence-electron chi connectivity index (χ1n) is 4.42. The number of hydrogen-bond donors (Lipinski definition) is 0. The van der Waals surface area contributed by atoms with Crippen LogP contribution >= 0.6 is 0 Å². The largest absolute Gasteiger partial charge is 0.465 e. The van der Waals surface area contributed by atoms with Crippen molar-refractivity contribution in [3.63, 3.8) is 0 Å². The number of benzene rings is 1. The Bertz CT molecular complexity index is 506. The van der Waals surface area contributed by atoms with E-state index in [-0.39, 0.29) is 17.5 Å². The molecule has 16 heavy (non-hydrogen) atoms. The normalized spacial score (nSPS) is 8.56. The molecule has 0 aliphatic rings. The Morgan fingerprint density at radius 1 is 1.56 bits per heavy atom. The smallest absolute Gasteiger partial charge is 0.337 e. The van der Waals surface area contributed by atoms with Crippen molar-refractivity contribution in [2.75, 3.05) is 7.11 Å². The van der Waals surface area contributed by atoms with Gasteiger partial charge in [-0.25, -0.2) is 9.18 Å². The Morgan fingerprint density at radius 3 is 2.94 bits per heavy atom. The molecule has 1 aromatic rings. The standard InChI is InChI=1S/C12H8FNO2/c1-16-12(15)10-5-6-11(13)9(8-10)4-2-3-7-14/h5-6,8H,3H2,1H3. The molecule has 1 rings (SSSR count). The summed E-state index contributed by atoms with van der Waals surface area (Å²) in [5.74, 6) is 3.87. The Labute approximate surface area is 92.5 Å². The van der Waals surface area contributed by atoms with Gasteiger partial charge in [-0.1, -0.05) is 11.8 Å². The summed E-state index contributed by atoms with van der Waals surface area (Å²) in [5.41, 5.74) is 0.309. The van der Waals surface area contributed by atoms with Crippen molar-refractivity contribution < 1.29 is 13.9 Å². The van der Waals surface area contributed by atoms with E-state index in [4.69, 9.17) is 5.26 Å². The molecule has 0 heterocycles. The van der Waals surface area contributed by atoms with Gasteiger partial charge < -0.3 is 4.74 Å². The number of nitriles is 1. The zero-order valence-electron chi connectivity index (χ0n) is 8.58. The summed E-state index contributed by atoms with van der Waals surface area (Å²) in [5, 5.41) is 8.27. The number of halogens is 1. The van der Waals surface area contributed by atoms with Gasteiger partial charge in [0.1, 0.15) is 5.82 Å². The highest BCUT2D eigenvalue weighted by Crippen LogP contribution is 2.10. The summed E-state index contributed by atoms with van der Waals surface area (Å²) in [4.78, 5) is 11.2. The Balaban J connectivity index is 3.06. The number of hydrogen-bond acceptors (Lipinski definition) is 3. The van der Waals surface area contributed by atoms with Crippen LogP contribution in [0.25, 0.3) is 0 Å². The molecule has 0 unspecified atom stereocenters. The van der Waals surface area contributed by atoms with Crippen LogP contribution in [0.3, 0.4) is 0 Å². The molecule has 0 fully saturated rings. The maximum Gasteiger partial charge on any atom is 0.337 e.